The summed E-state index contributed by atoms with van der Waals surface area (Å²) in [4.78, 5) is 33.8. The Bertz CT molecular complexity index is 443. The van der Waals surface area contributed by atoms with E-state index in [2.05, 4.69) is 15.2 Å². The van der Waals surface area contributed by atoms with Crippen molar-refractivity contribution in [3.8, 4) is 0 Å². The zero-order chi connectivity index (χ0) is 13.6. The molecular weight excluding hydrogens is 246 g/mol. The smallest absolute Gasteiger partial charge is 0.325 e. The van der Waals surface area contributed by atoms with E-state index in [-0.39, 0.29) is 11.9 Å². The predicted octanol–water partition coefficient (Wildman–Crippen LogP) is -0.350. The molecule has 2 atom stereocenters. The van der Waals surface area contributed by atoms with Gasteiger partial charge >= 0.3 is 6.03 Å². The summed E-state index contributed by atoms with van der Waals surface area (Å²) in [6, 6.07) is -0.775. The van der Waals surface area contributed by atoms with Crippen LogP contribution >= 0.6 is 0 Å². The Labute approximate surface area is 112 Å². The van der Waals surface area contributed by atoms with Crippen LogP contribution < -0.4 is 5.32 Å². The van der Waals surface area contributed by atoms with Crippen LogP contribution in [0.25, 0.3) is 0 Å². The Morgan fingerprint density at radius 1 is 1.11 bits per heavy atom. The van der Waals surface area contributed by atoms with Crippen molar-refractivity contribution >= 4 is 17.9 Å². The van der Waals surface area contributed by atoms with E-state index in [4.69, 9.17) is 0 Å². The molecule has 0 saturated carbocycles. The Morgan fingerprint density at radius 2 is 1.79 bits per heavy atom. The highest BCUT2D eigenvalue weighted by molar-refractivity contribution is 6.03. The summed E-state index contributed by atoms with van der Waals surface area (Å²) in [5, 5.41) is 2.37. The van der Waals surface area contributed by atoms with Crippen molar-refractivity contribution < 1.29 is 9.59 Å². The number of guanidine groups is 1. The number of amides is 3. The number of imide groups is 1. The van der Waals surface area contributed by atoms with Crippen molar-refractivity contribution in [2.45, 2.75) is 31.5 Å². The monoisotopic (exact) mass is 265 g/mol. The number of carbonyl (C=O) groups excluding carboxylic acids is 2. The summed E-state index contributed by atoms with van der Waals surface area (Å²) in [6.07, 6.45) is 3.16. The van der Waals surface area contributed by atoms with Crippen LogP contribution in [-0.4, -0.2) is 72.0 Å². The lowest BCUT2D eigenvalue weighted by Crippen LogP contribution is -2.63. The van der Waals surface area contributed by atoms with Gasteiger partial charge in [0.1, 0.15) is 0 Å². The fourth-order valence-electron chi connectivity index (χ4n) is 3.00. The second kappa shape index (κ2) is 4.40. The molecule has 1 N–H and O–H groups in total. The minimum absolute atomic E-state index is 0.258. The molecule has 7 nitrogen and oxygen atoms in total. The molecule has 0 spiro atoms. The lowest BCUT2D eigenvalue weighted by Gasteiger charge is -2.36. The van der Waals surface area contributed by atoms with E-state index in [1.54, 1.807) is 7.05 Å². The molecule has 0 bridgehead atoms. The predicted molar refractivity (Wildman–Crippen MR) is 69.5 cm³/mol. The minimum atomic E-state index is -0.403. The Kier molecular flexibility index (Phi) is 2.83. The van der Waals surface area contributed by atoms with Crippen LogP contribution in [0, 0.1) is 0 Å². The Morgan fingerprint density at radius 3 is 2.47 bits per heavy atom. The number of carbonyl (C=O) groups is 2. The van der Waals surface area contributed by atoms with Gasteiger partial charge in [-0.3, -0.25) is 10.1 Å². The third-order valence-corrected chi connectivity index (χ3v) is 4.12. The molecule has 104 valence electrons. The van der Waals surface area contributed by atoms with Crippen LogP contribution in [0.5, 0.6) is 0 Å². The van der Waals surface area contributed by atoms with Crippen molar-refractivity contribution in [2.24, 2.45) is 4.99 Å². The second-order valence-electron chi connectivity index (χ2n) is 5.35. The summed E-state index contributed by atoms with van der Waals surface area (Å²) in [7, 11) is 3.55. The lowest BCUT2D eigenvalue weighted by atomic mass is 10.1. The number of aliphatic imine (C=N–C) groups is 1. The van der Waals surface area contributed by atoms with Crippen molar-refractivity contribution in [3.63, 3.8) is 0 Å². The molecule has 0 radical (unpaired) electrons. The molecule has 3 heterocycles. The first-order valence-electron chi connectivity index (χ1n) is 6.73. The molecule has 2 saturated heterocycles. The zero-order valence-electron chi connectivity index (χ0n) is 11.3. The van der Waals surface area contributed by atoms with Gasteiger partial charge in [0, 0.05) is 27.2 Å². The molecule has 3 amide bonds. The highest BCUT2D eigenvalue weighted by Gasteiger charge is 2.48. The van der Waals surface area contributed by atoms with Crippen LogP contribution in [0.15, 0.2) is 4.99 Å². The Hall–Kier alpha value is -1.79. The largest absolute Gasteiger partial charge is 0.343 e. The third kappa shape index (κ3) is 1.84. The molecule has 3 aliphatic rings. The van der Waals surface area contributed by atoms with Gasteiger partial charge < -0.3 is 14.7 Å². The molecule has 3 rings (SSSR count). The molecule has 3 aliphatic heterocycles. The minimum Gasteiger partial charge on any atom is -0.343 e. The molecule has 2 unspecified atom stereocenters. The topological polar surface area (TPSA) is 68.2 Å². The third-order valence-electron chi connectivity index (χ3n) is 4.12. The summed E-state index contributed by atoms with van der Waals surface area (Å²) < 4.78 is 0. The van der Waals surface area contributed by atoms with Crippen molar-refractivity contribution in [2.75, 3.05) is 27.2 Å². The molecule has 0 aromatic heterocycles. The Balaban J connectivity index is 1.87. The van der Waals surface area contributed by atoms with Gasteiger partial charge in [-0.05, 0) is 19.3 Å². The highest BCUT2D eigenvalue weighted by Crippen LogP contribution is 2.25. The first-order chi connectivity index (χ1) is 9.09. The van der Waals surface area contributed by atoms with E-state index in [1.807, 2.05) is 11.9 Å². The number of likely N-dealkylation sites (N-methyl/N-ethyl adjacent to an activating group) is 2. The van der Waals surface area contributed by atoms with Crippen molar-refractivity contribution in [1.29, 1.82) is 0 Å². The van der Waals surface area contributed by atoms with Gasteiger partial charge in [-0.1, -0.05) is 0 Å². The first-order valence-corrected chi connectivity index (χ1v) is 6.73. The van der Waals surface area contributed by atoms with E-state index in [0.717, 1.165) is 31.9 Å². The SMILES string of the molecule is CN1C(=O)NC(=O)C2C1N=C(N1CCCCC1)N2C. The summed E-state index contributed by atoms with van der Waals surface area (Å²) in [5.41, 5.74) is 0. The van der Waals surface area contributed by atoms with Crippen LogP contribution in [-0.2, 0) is 4.79 Å². The van der Waals surface area contributed by atoms with Gasteiger partial charge in [-0.25, -0.2) is 9.79 Å². The van der Waals surface area contributed by atoms with E-state index in [0.29, 0.717) is 0 Å². The van der Waals surface area contributed by atoms with Gasteiger partial charge in [0.25, 0.3) is 5.91 Å². The van der Waals surface area contributed by atoms with Gasteiger partial charge in [-0.2, -0.15) is 0 Å². The number of rotatable bonds is 0. The maximum absolute atomic E-state index is 12.0. The molecule has 2 fully saturated rings. The van der Waals surface area contributed by atoms with Crippen LogP contribution in [0.3, 0.4) is 0 Å². The number of likely N-dealkylation sites (tertiary alicyclic amines) is 1. The summed E-state index contributed by atoms with van der Waals surface area (Å²) in [6.45, 7) is 1.95. The molecule has 19 heavy (non-hydrogen) atoms. The fourth-order valence-corrected chi connectivity index (χ4v) is 3.00. The van der Waals surface area contributed by atoms with E-state index in [9.17, 15) is 9.59 Å². The van der Waals surface area contributed by atoms with Crippen LogP contribution in [0.4, 0.5) is 4.79 Å². The van der Waals surface area contributed by atoms with E-state index >= 15 is 0 Å². The fraction of sp³-hybridized carbons (Fsp3) is 0.750. The second-order valence-corrected chi connectivity index (χ2v) is 5.35. The summed E-state index contributed by atoms with van der Waals surface area (Å²) in [5.74, 6) is 0.581. The number of piperidine rings is 1. The maximum Gasteiger partial charge on any atom is 0.325 e. The lowest BCUT2D eigenvalue weighted by molar-refractivity contribution is -0.126. The maximum atomic E-state index is 12.0. The van der Waals surface area contributed by atoms with E-state index < -0.39 is 12.2 Å². The van der Waals surface area contributed by atoms with Crippen molar-refractivity contribution in [3.05, 3.63) is 0 Å². The molecule has 0 aliphatic carbocycles. The number of nitrogens with one attached hydrogen (secondary N) is 1. The summed E-state index contributed by atoms with van der Waals surface area (Å²) >= 11 is 0. The van der Waals surface area contributed by atoms with Gasteiger partial charge in [0.05, 0.1) is 0 Å². The number of urea groups is 1. The average molecular weight is 265 g/mol. The number of fused-ring (bicyclic) bond motifs is 1. The van der Waals surface area contributed by atoms with Crippen LogP contribution in [0.2, 0.25) is 0 Å². The standard InChI is InChI=1S/C12H19N5O2/c1-15-8-9(16(2)12(19)14-10(8)18)13-11(15)17-6-4-3-5-7-17/h8-9H,3-7H2,1-2H3,(H,14,18,19). The number of hydrogen-bond acceptors (Lipinski definition) is 5. The van der Waals surface area contributed by atoms with Crippen molar-refractivity contribution in [1.82, 2.24) is 20.0 Å². The molecular formula is C12H19N5O2. The highest BCUT2D eigenvalue weighted by atomic mass is 16.2. The van der Waals surface area contributed by atoms with Gasteiger partial charge in [0.2, 0.25) is 0 Å². The quantitative estimate of drug-likeness (QED) is 0.650. The molecule has 7 heteroatoms. The molecule has 0 aromatic carbocycles. The van der Waals surface area contributed by atoms with Crippen LogP contribution in [0.1, 0.15) is 19.3 Å². The van der Waals surface area contributed by atoms with Gasteiger partial charge in [-0.15, -0.1) is 0 Å². The normalized spacial score (nSPS) is 31.3. The van der Waals surface area contributed by atoms with Gasteiger partial charge in [0.15, 0.2) is 18.2 Å². The van der Waals surface area contributed by atoms with E-state index in [1.165, 1.54) is 11.3 Å². The average Bonchev–Trinajstić information content (AvgIpc) is 2.76. The number of nitrogens with zero attached hydrogens (tertiary/aromatic N) is 4. The number of hydrogen-bond donors (Lipinski definition) is 1. The first kappa shape index (κ1) is 12.3. The zero-order valence-corrected chi connectivity index (χ0v) is 11.3. The molecule has 0 aromatic rings.